The first-order valence-corrected chi connectivity index (χ1v) is 8.10. The summed E-state index contributed by atoms with van der Waals surface area (Å²) in [5.41, 5.74) is 8.67. The fraction of sp³-hybridized carbons (Fsp3) is 0.471. The third kappa shape index (κ3) is 3.12. The van der Waals surface area contributed by atoms with E-state index in [1.807, 2.05) is 36.9 Å². The summed E-state index contributed by atoms with van der Waals surface area (Å²) in [4.78, 5) is 18.9. The summed E-state index contributed by atoms with van der Waals surface area (Å²) < 4.78 is 1.69. The van der Waals surface area contributed by atoms with Crippen molar-refractivity contribution in [3.8, 4) is 5.69 Å². The largest absolute Gasteiger partial charge is 0.334 e. The van der Waals surface area contributed by atoms with Crippen LogP contribution in [0.15, 0.2) is 30.9 Å². The molecule has 122 valence electrons. The van der Waals surface area contributed by atoms with Gasteiger partial charge in [0.1, 0.15) is 12.7 Å². The molecule has 1 aromatic carbocycles. The number of benzene rings is 1. The zero-order valence-corrected chi connectivity index (χ0v) is 13.6. The molecule has 1 amide bonds. The van der Waals surface area contributed by atoms with Gasteiger partial charge in [-0.1, -0.05) is 0 Å². The van der Waals surface area contributed by atoms with Crippen molar-refractivity contribution in [2.24, 2.45) is 5.73 Å². The van der Waals surface area contributed by atoms with E-state index < -0.39 is 0 Å². The lowest BCUT2D eigenvalue weighted by molar-refractivity contribution is 0.0583. The Kier molecular flexibility index (Phi) is 4.43. The van der Waals surface area contributed by atoms with Gasteiger partial charge in [0.05, 0.1) is 5.69 Å². The molecule has 0 radical (unpaired) electrons. The van der Waals surface area contributed by atoms with Gasteiger partial charge in [-0.05, 0) is 56.9 Å². The lowest BCUT2D eigenvalue weighted by Gasteiger charge is -2.38. The Morgan fingerprint density at radius 1 is 1.39 bits per heavy atom. The van der Waals surface area contributed by atoms with Crippen molar-refractivity contribution in [3.05, 3.63) is 42.0 Å². The summed E-state index contributed by atoms with van der Waals surface area (Å²) in [5, 5.41) is 4.12. The summed E-state index contributed by atoms with van der Waals surface area (Å²) in [6.07, 6.45) is 6.31. The number of rotatable bonds is 3. The molecule has 2 aromatic rings. The maximum Gasteiger partial charge on any atom is 0.254 e. The molecule has 1 aliphatic rings. The maximum absolute atomic E-state index is 13.0. The number of nitrogens with zero attached hydrogens (tertiary/aromatic N) is 4. The van der Waals surface area contributed by atoms with Crippen LogP contribution in [0.4, 0.5) is 0 Å². The van der Waals surface area contributed by atoms with Crippen molar-refractivity contribution in [2.45, 2.75) is 45.2 Å². The Balaban J connectivity index is 1.87. The SMILES string of the molecule is Cc1cc(-n2cncn2)ccc1C(=O)N1CCCCC1C(C)N. The minimum absolute atomic E-state index is 0.00558. The van der Waals surface area contributed by atoms with Gasteiger partial charge in [0.2, 0.25) is 0 Å². The minimum atomic E-state index is -0.00558. The van der Waals surface area contributed by atoms with Crippen molar-refractivity contribution in [2.75, 3.05) is 6.54 Å². The highest BCUT2D eigenvalue weighted by Crippen LogP contribution is 2.23. The quantitative estimate of drug-likeness (QED) is 0.939. The van der Waals surface area contributed by atoms with Crippen molar-refractivity contribution >= 4 is 5.91 Å². The number of aryl methyl sites for hydroxylation is 1. The highest BCUT2D eigenvalue weighted by Gasteiger charge is 2.30. The molecule has 6 nitrogen and oxygen atoms in total. The average Bonchev–Trinajstić information content (AvgIpc) is 3.08. The molecular formula is C17H23N5O. The first-order chi connectivity index (χ1) is 11.1. The van der Waals surface area contributed by atoms with Gasteiger partial charge in [0.15, 0.2) is 0 Å². The summed E-state index contributed by atoms with van der Waals surface area (Å²) in [5.74, 6) is 0.0784. The smallest absolute Gasteiger partial charge is 0.254 e. The molecule has 0 bridgehead atoms. The highest BCUT2D eigenvalue weighted by atomic mass is 16.2. The standard InChI is InChI=1S/C17H23N5O/c1-12-9-14(22-11-19-10-20-22)6-7-15(12)17(23)21-8-4-3-5-16(21)13(2)18/h6-7,9-11,13,16H,3-5,8,18H2,1-2H3. The van der Waals surface area contributed by atoms with E-state index in [0.717, 1.165) is 42.6 Å². The molecule has 23 heavy (non-hydrogen) atoms. The van der Waals surface area contributed by atoms with Crippen LogP contribution in [0.2, 0.25) is 0 Å². The Morgan fingerprint density at radius 2 is 2.22 bits per heavy atom. The molecule has 2 heterocycles. The number of aromatic nitrogens is 3. The zero-order chi connectivity index (χ0) is 16.4. The molecule has 3 rings (SSSR count). The van der Waals surface area contributed by atoms with Gasteiger partial charge in [0, 0.05) is 24.2 Å². The Morgan fingerprint density at radius 3 is 2.87 bits per heavy atom. The number of likely N-dealkylation sites (tertiary alicyclic amines) is 1. The van der Waals surface area contributed by atoms with E-state index in [4.69, 9.17) is 5.73 Å². The van der Waals surface area contributed by atoms with E-state index in [9.17, 15) is 4.79 Å². The van der Waals surface area contributed by atoms with Crippen LogP contribution in [-0.2, 0) is 0 Å². The van der Waals surface area contributed by atoms with Crippen LogP contribution >= 0.6 is 0 Å². The molecular weight excluding hydrogens is 290 g/mol. The van der Waals surface area contributed by atoms with Crippen LogP contribution in [0.5, 0.6) is 0 Å². The van der Waals surface area contributed by atoms with Gasteiger partial charge >= 0.3 is 0 Å². The average molecular weight is 313 g/mol. The predicted molar refractivity (Wildman–Crippen MR) is 88.4 cm³/mol. The number of amides is 1. The number of nitrogens with two attached hydrogens (primary N) is 1. The molecule has 1 aromatic heterocycles. The van der Waals surface area contributed by atoms with Crippen LogP contribution in [0.1, 0.15) is 42.1 Å². The Bertz CT molecular complexity index is 680. The van der Waals surface area contributed by atoms with Gasteiger partial charge in [-0.2, -0.15) is 5.10 Å². The maximum atomic E-state index is 13.0. The Labute approximate surface area is 136 Å². The van der Waals surface area contributed by atoms with Crippen molar-refractivity contribution in [3.63, 3.8) is 0 Å². The zero-order valence-electron chi connectivity index (χ0n) is 13.6. The third-order valence-corrected chi connectivity index (χ3v) is 4.54. The number of hydrogen-bond acceptors (Lipinski definition) is 4. The number of carbonyl (C=O) groups excluding carboxylic acids is 1. The first-order valence-electron chi connectivity index (χ1n) is 8.10. The molecule has 2 atom stereocenters. The number of carbonyl (C=O) groups is 1. The second kappa shape index (κ2) is 6.50. The molecule has 2 N–H and O–H groups in total. The summed E-state index contributed by atoms with van der Waals surface area (Å²) in [7, 11) is 0. The van der Waals surface area contributed by atoms with E-state index in [1.54, 1.807) is 11.0 Å². The molecule has 6 heteroatoms. The van der Waals surface area contributed by atoms with Gasteiger partial charge in [0.25, 0.3) is 5.91 Å². The summed E-state index contributed by atoms with van der Waals surface area (Å²) in [6, 6.07) is 5.87. The highest BCUT2D eigenvalue weighted by molar-refractivity contribution is 5.96. The molecule has 1 aliphatic heterocycles. The molecule has 0 saturated carbocycles. The molecule has 2 unspecified atom stereocenters. The predicted octanol–water partition coefficient (Wildman–Crippen LogP) is 1.92. The normalized spacial score (nSPS) is 19.6. The van der Waals surface area contributed by atoms with Crippen LogP contribution in [0, 0.1) is 6.92 Å². The van der Waals surface area contributed by atoms with Crippen LogP contribution in [-0.4, -0.2) is 44.2 Å². The number of hydrogen-bond donors (Lipinski definition) is 1. The first kappa shape index (κ1) is 15.7. The van der Waals surface area contributed by atoms with Gasteiger partial charge in [-0.3, -0.25) is 4.79 Å². The van der Waals surface area contributed by atoms with Crippen LogP contribution < -0.4 is 5.73 Å². The fourth-order valence-corrected chi connectivity index (χ4v) is 3.28. The monoisotopic (exact) mass is 313 g/mol. The van der Waals surface area contributed by atoms with Crippen molar-refractivity contribution < 1.29 is 4.79 Å². The third-order valence-electron chi connectivity index (χ3n) is 4.54. The lowest BCUT2D eigenvalue weighted by atomic mass is 9.95. The van der Waals surface area contributed by atoms with E-state index in [0.29, 0.717) is 0 Å². The van der Waals surface area contributed by atoms with Crippen molar-refractivity contribution in [1.29, 1.82) is 0 Å². The van der Waals surface area contributed by atoms with Crippen molar-refractivity contribution in [1.82, 2.24) is 19.7 Å². The van der Waals surface area contributed by atoms with E-state index in [-0.39, 0.29) is 18.0 Å². The van der Waals surface area contributed by atoms with E-state index in [2.05, 4.69) is 10.1 Å². The fourth-order valence-electron chi connectivity index (χ4n) is 3.28. The molecule has 1 fully saturated rings. The lowest BCUT2D eigenvalue weighted by Crippen LogP contribution is -2.51. The Hall–Kier alpha value is -2.21. The molecule has 1 saturated heterocycles. The van der Waals surface area contributed by atoms with Gasteiger partial charge in [-0.15, -0.1) is 0 Å². The van der Waals surface area contributed by atoms with E-state index in [1.165, 1.54) is 6.33 Å². The molecule has 0 spiro atoms. The second-order valence-corrected chi connectivity index (χ2v) is 6.26. The minimum Gasteiger partial charge on any atom is -0.334 e. The van der Waals surface area contributed by atoms with Gasteiger partial charge < -0.3 is 10.6 Å². The number of piperidine rings is 1. The van der Waals surface area contributed by atoms with Crippen LogP contribution in [0.25, 0.3) is 5.69 Å². The van der Waals surface area contributed by atoms with E-state index >= 15 is 0 Å². The molecule has 0 aliphatic carbocycles. The van der Waals surface area contributed by atoms with Gasteiger partial charge in [-0.25, -0.2) is 9.67 Å². The summed E-state index contributed by atoms with van der Waals surface area (Å²) in [6.45, 7) is 4.73. The second-order valence-electron chi connectivity index (χ2n) is 6.26. The topological polar surface area (TPSA) is 77.0 Å². The summed E-state index contributed by atoms with van der Waals surface area (Å²) >= 11 is 0. The van der Waals surface area contributed by atoms with Crippen LogP contribution in [0.3, 0.4) is 0 Å².